The van der Waals surface area contributed by atoms with Crippen LogP contribution in [0.3, 0.4) is 0 Å². The Labute approximate surface area is 586 Å². The second-order valence-corrected chi connectivity index (χ2v) is 23.6. The van der Waals surface area contributed by atoms with Crippen molar-refractivity contribution in [2.75, 3.05) is 45.9 Å². The smallest absolute Gasteiger partial charge is 0.326 e. The fourth-order valence-corrected chi connectivity index (χ4v) is 9.43. The Morgan fingerprint density at radius 3 is 1.48 bits per heavy atom. The molecule has 568 valence electrons. The quantitative estimate of drug-likeness (QED) is 0.00962. The number of phenolic OH excluding ortho intramolecular Hbond substituents is 1. The van der Waals surface area contributed by atoms with Crippen LogP contribution in [-0.2, 0) is 80.0 Å². The summed E-state index contributed by atoms with van der Waals surface area (Å²) < 4.78 is 0. The number of carboxylic acid groups (broad SMARTS) is 1. The number of aliphatic imine (C=N–C) groups is 2. The lowest BCUT2D eigenvalue weighted by Crippen LogP contribution is -2.61. The van der Waals surface area contributed by atoms with E-state index in [1.165, 1.54) is 43.7 Å². The fraction of sp³-hybridized carbons (Fsp3) is 0.583. The fourth-order valence-electron chi connectivity index (χ4n) is 9.43. The number of H-pyrrole nitrogens is 1. The van der Waals surface area contributed by atoms with Crippen LogP contribution in [0.1, 0.15) is 103 Å². The average molecular weight is 1450 g/mol. The van der Waals surface area contributed by atoms with Gasteiger partial charge in [-0.1, -0.05) is 32.4 Å². The van der Waals surface area contributed by atoms with Gasteiger partial charge in [0.15, 0.2) is 11.9 Å². The largest absolute Gasteiger partial charge is 0.508 e. The summed E-state index contributed by atoms with van der Waals surface area (Å²) in [6.45, 7) is 2.88. The van der Waals surface area contributed by atoms with Gasteiger partial charge in [0.25, 0.3) is 0 Å². The average Bonchev–Trinajstić information content (AvgIpc) is 0.906. The number of aromatic nitrogens is 2. The molecule has 12 atom stereocenters. The summed E-state index contributed by atoms with van der Waals surface area (Å²) in [5.74, 6) is -10.2. The van der Waals surface area contributed by atoms with Crippen LogP contribution in [0.5, 0.6) is 5.75 Å². The SMILES string of the molecule is CC[C@H](C)[C@H](NC(=O)[C@@H](NC(=O)[C@H](CCC(N)=O)NC(=O)[C@H](Cc1ccc(O)cc1)NC(=O)CNC(=O)[C@H](C)NC(=O)[C@H](Cc1cnc[nH]1)NC(=O)[C@H](CO)NC(=O)[C@H](CCCN=C(N)N)NC(=O)[C@H](CCCCN)NC(=O)[C@H](CCCN=C(N)N)NC(=O)CNC(=O)CNN)[C@@H](C)O)C(=O)O. The number of aliphatic carboxylic acids is 1. The minimum absolute atomic E-state index is 0.0282. The van der Waals surface area contributed by atoms with Crippen molar-refractivity contribution in [1.82, 2.24) is 79.2 Å². The molecule has 2 aromatic rings. The molecule has 0 aliphatic carbocycles. The van der Waals surface area contributed by atoms with Crippen LogP contribution >= 0.6 is 0 Å². The van der Waals surface area contributed by atoms with Gasteiger partial charge in [0.05, 0.1) is 38.7 Å². The van der Waals surface area contributed by atoms with Crippen LogP contribution in [-0.4, -0.2) is 237 Å². The lowest BCUT2D eigenvalue weighted by atomic mass is 9.98. The van der Waals surface area contributed by atoms with E-state index in [1.54, 1.807) is 13.8 Å². The van der Waals surface area contributed by atoms with Gasteiger partial charge in [0.2, 0.25) is 76.8 Å². The number of aliphatic hydroxyl groups is 2. The number of nitrogens with zero attached hydrogens (tertiary/aromatic N) is 3. The number of aromatic hydroxyl groups is 1. The predicted octanol–water partition coefficient (Wildman–Crippen LogP) is -10.5. The van der Waals surface area contributed by atoms with Gasteiger partial charge in [-0.25, -0.2) is 9.78 Å². The molecule has 1 aromatic heterocycles. The number of hydrogen-bond donors (Lipinski definition) is 25. The highest BCUT2D eigenvalue weighted by Crippen LogP contribution is 2.14. The number of phenols is 1. The van der Waals surface area contributed by atoms with E-state index in [-0.39, 0.29) is 101 Å². The number of carbonyl (C=O) groups excluding carboxylic acids is 13. The molecule has 0 radical (unpaired) electrons. The molecule has 0 aliphatic heterocycles. The summed E-state index contributed by atoms with van der Waals surface area (Å²) in [4.78, 5) is 202. The number of guanidine groups is 2. The third-order valence-corrected chi connectivity index (χ3v) is 15.2. The molecule has 13 amide bonds. The molecule has 2 rings (SSSR count). The molecule has 102 heavy (non-hydrogen) atoms. The monoisotopic (exact) mass is 1440 g/mol. The number of nitrogens with two attached hydrogens (primary N) is 7. The molecule has 32 N–H and O–H groups in total. The topological polar surface area (TPSA) is 712 Å². The van der Waals surface area contributed by atoms with Crippen molar-refractivity contribution < 1.29 is 87.5 Å². The summed E-state index contributed by atoms with van der Waals surface area (Å²) in [6, 6.07) is -10.3. The van der Waals surface area contributed by atoms with E-state index in [1.807, 2.05) is 0 Å². The Balaban J connectivity index is 2.39. The molecule has 42 nitrogen and oxygen atoms in total. The van der Waals surface area contributed by atoms with E-state index in [0.717, 1.165) is 6.92 Å². The van der Waals surface area contributed by atoms with Crippen molar-refractivity contribution in [3.8, 4) is 5.75 Å². The first kappa shape index (κ1) is 87.2. The highest BCUT2D eigenvalue weighted by molar-refractivity contribution is 5.99. The molecule has 1 aromatic carbocycles. The van der Waals surface area contributed by atoms with Gasteiger partial charge in [0.1, 0.15) is 66.2 Å². The van der Waals surface area contributed by atoms with E-state index >= 15 is 0 Å². The second-order valence-electron chi connectivity index (χ2n) is 23.6. The standard InChI is InChI=1S/C60H100N24O18/c1-5-30(2)47(58(101)102)83-57(100)48(32(4)86)84-53(96)39(17-18-43(62)88)80-55(98)40(22-33-13-15-35(87)16-14-33)77-46(91)26-72-49(92)31(3)75-54(97)41(23-34-24-68-29-73-34)81-56(99)42(28-85)82-52(95)38(12-9-21-70-60(65)66)79-51(94)37(10-6-7-19-61)78-50(93)36(11-8-20-69-59(63)64)76-45(90)25-71-44(89)27-74-67/h13-16,24,29-32,36-42,47-48,74,85-87H,5-12,17-23,25-28,61,67H2,1-4H3,(H2,62,88)(H,68,73)(H,71,89)(H,72,92)(H,75,97)(H,76,90)(H,77,91)(H,78,93)(H,79,94)(H,80,98)(H,81,99)(H,82,95)(H,83,100)(H,84,96)(H,101,102)(H4,63,64,69)(H4,65,66,70)/t30-,31-,32+,36-,37-,38-,39-,40-,41-,42-,47-,48-/m0/s1. The third kappa shape index (κ3) is 33.8. The second kappa shape index (κ2) is 46.5. The molecule has 0 saturated heterocycles. The lowest BCUT2D eigenvalue weighted by Gasteiger charge is -2.28. The van der Waals surface area contributed by atoms with Crippen molar-refractivity contribution in [3.63, 3.8) is 0 Å². The Hall–Kier alpha value is -10.8. The Morgan fingerprint density at radius 1 is 0.529 bits per heavy atom. The maximum Gasteiger partial charge on any atom is 0.326 e. The number of imidazole rings is 1. The number of carboxylic acids is 1. The van der Waals surface area contributed by atoms with Gasteiger partial charge in [-0.3, -0.25) is 83.6 Å². The minimum Gasteiger partial charge on any atom is -0.508 e. The number of carbonyl (C=O) groups is 14. The van der Waals surface area contributed by atoms with E-state index in [4.69, 9.17) is 40.2 Å². The minimum atomic E-state index is -1.85. The number of aromatic amines is 1. The van der Waals surface area contributed by atoms with Crippen LogP contribution in [0.15, 0.2) is 46.8 Å². The predicted molar refractivity (Wildman–Crippen MR) is 364 cm³/mol. The van der Waals surface area contributed by atoms with E-state index < -0.39 is 188 Å². The zero-order chi connectivity index (χ0) is 76.6. The molecule has 0 spiro atoms. The maximum absolute atomic E-state index is 14.2. The van der Waals surface area contributed by atoms with E-state index in [9.17, 15) is 87.5 Å². The van der Waals surface area contributed by atoms with E-state index in [0.29, 0.717) is 18.4 Å². The number of benzene rings is 1. The number of rotatable bonds is 49. The summed E-state index contributed by atoms with van der Waals surface area (Å²) in [7, 11) is 0. The Morgan fingerprint density at radius 2 is 0.990 bits per heavy atom. The Kier molecular flexibility index (Phi) is 39.8. The molecule has 0 saturated carbocycles. The summed E-state index contributed by atoms with van der Waals surface area (Å²) in [5.41, 5.74) is 35.8. The van der Waals surface area contributed by atoms with Crippen LogP contribution in [0, 0.1) is 5.92 Å². The van der Waals surface area contributed by atoms with Gasteiger partial charge in [-0.2, -0.15) is 0 Å². The number of hydrazine groups is 1. The lowest BCUT2D eigenvalue weighted by molar-refractivity contribution is -0.144. The zero-order valence-electron chi connectivity index (χ0n) is 57.2. The van der Waals surface area contributed by atoms with Gasteiger partial charge in [0, 0.05) is 44.2 Å². The van der Waals surface area contributed by atoms with Crippen molar-refractivity contribution in [2.45, 2.75) is 171 Å². The zero-order valence-corrected chi connectivity index (χ0v) is 57.2. The van der Waals surface area contributed by atoms with Crippen LogP contribution in [0.25, 0.3) is 0 Å². The van der Waals surface area contributed by atoms with Gasteiger partial charge in [-0.15, -0.1) is 0 Å². The van der Waals surface area contributed by atoms with E-state index in [2.05, 4.69) is 89.2 Å². The van der Waals surface area contributed by atoms with Crippen LogP contribution in [0.4, 0.5) is 0 Å². The highest BCUT2D eigenvalue weighted by atomic mass is 16.4. The number of unbranched alkanes of at least 4 members (excludes halogenated alkanes) is 1. The number of primary amides is 1. The molecule has 1 heterocycles. The number of nitrogens with one attached hydrogen (secondary N) is 14. The van der Waals surface area contributed by atoms with Gasteiger partial charge < -0.3 is 124 Å². The molecule has 0 unspecified atom stereocenters. The van der Waals surface area contributed by atoms with Crippen LogP contribution < -0.4 is 109 Å². The molecular formula is C60H100N24O18. The first-order chi connectivity index (χ1) is 48.2. The van der Waals surface area contributed by atoms with Gasteiger partial charge >= 0.3 is 5.97 Å². The first-order valence-corrected chi connectivity index (χ1v) is 32.6. The van der Waals surface area contributed by atoms with Crippen molar-refractivity contribution in [3.05, 3.63) is 48.0 Å². The highest BCUT2D eigenvalue weighted by Gasteiger charge is 2.37. The molecule has 42 heteroatoms. The summed E-state index contributed by atoms with van der Waals surface area (Å²) >= 11 is 0. The Bertz CT molecular complexity index is 3170. The first-order valence-electron chi connectivity index (χ1n) is 32.6. The normalized spacial score (nSPS) is 14.4. The molecular weight excluding hydrogens is 1340 g/mol. The summed E-state index contributed by atoms with van der Waals surface area (Å²) in [5, 5.41) is 69.7. The van der Waals surface area contributed by atoms with Crippen molar-refractivity contribution >= 4 is 94.7 Å². The summed E-state index contributed by atoms with van der Waals surface area (Å²) in [6.07, 6.45) is 0.0786. The number of amides is 13. The number of hydrogen-bond acceptors (Lipinski definition) is 23. The molecule has 0 fully saturated rings. The molecule has 0 bridgehead atoms. The molecule has 0 aliphatic rings. The number of aliphatic hydroxyl groups excluding tert-OH is 2. The van der Waals surface area contributed by atoms with Crippen LogP contribution in [0.2, 0.25) is 0 Å². The van der Waals surface area contributed by atoms with Crippen molar-refractivity contribution in [2.24, 2.45) is 56.1 Å². The van der Waals surface area contributed by atoms with Gasteiger partial charge in [-0.05, 0) is 95.4 Å². The third-order valence-electron chi connectivity index (χ3n) is 15.2. The van der Waals surface area contributed by atoms with Crippen molar-refractivity contribution in [1.29, 1.82) is 0 Å². The maximum atomic E-state index is 14.2.